The number of aromatic nitrogens is 1. The molecule has 0 amide bonds. The number of nitrogens with zero attached hydrogens (tertiary/aromatic N) is 1. The third-order valence-corrected chi connectivity index (χ3v) is 3.31. The van der Waals surface area contributed by atoms with Gasteiger partial charge in [-0.2, -0.15) is 0 Å². The van der Waals surface area contributed by atoms with Crippen molar-refractivity contribution in [2.45, 2.75) is 26.4 Å². The molecule has 1 heterocycles. The van der Waals surface area contributed by atoms with Crippen LogP contribution in [0, 0.1) is 0 Å². The predicted molar refractivity (Wildman–Crippen MR) is 77.9 cm³/mol. The van der Waals surface area contributed by atoms with Gasteiger partial charge in [0.25, 0.3) is 0 Å². The number of rotatable bonds is 7. The van der Waals surface area contributed by atoms with Gasteiger partial charge in [0.05, 0.1) is 0 Å². The van der Waals surface area contributed by atoms with Crippen molar-refractivity contribution in [2.75, 3.05) is 20.1 Å². The first-order chi connectivity index (χ1) is 8.86. The van der Waals surface area contributed by atoms with Gasteiger partial charge in [0.15, 0.2) is 0 Å². The second-order valence-electron chi connectivity index (χ2n) is 4.59. The van der Waals surface area contributed by atoms with Crippen molar-refractivity contribution in [1.82, 2.24) is 15.2 Å². The van der Waals surface area contributed by atoms with Crippen molar-refractivity contribution >= 4 is 10.9 Å². The normalized spacial score (nSPS) is 11.2. The second kappa shape index (κ2) is 6.57. The average molecular weight is 245 g/mol. The summed E-state index contributed by atoms with van der Waals surface area (Å²) in [6.45, 7) is 6.31. The third kappa shape index (κ3) is 2.92. The van der Waals surface area contributed by atoms with Crippen molar-refractivity contribution in [1.29, 1.82) is 0 Å². The fourth-order valence-electron chi connectivity index (χ4n) is 2.34. The Morgan fingerprint density at radius 2 is 2.00 bits per heavy atom. The number of hydrogen-bond donors (Lipinski definition) is 2. The molecule has 98 valence electrons. The molecular formula is C15H23N3. The number of fused-ring (bicyclic) bond motifs is 1. The van der Waals surface area contributed by atoms with Crippen LogP contribution < -0.4 is 10.6 Å². The maximum absolute atomic E-state index is 3.51. The van der Waals surface area contributed by atoms with Crippen LogP contribution in [-0.4, -0.2) is 24.7 Å². The molecule has 2 rings (SSSR count). The van der Waals surface area contributed by atoms with E-state index in [1.165, 1.54) is 22.9 Å². The first kappa shape index (κ1) is 13.1. The van der Waals surface area contributed by atoms with E-state index in [9.17, 15) is 0 Å². The highest BCUT2D eigenvalue weighted by Crippen LogP contribution is 2.20. The van der Waals surface area contributed by atoms with E-state index >= 15 is 0 Å². The molecule has 2 N–H and O–H groups in total. The van der Waals surface area contributed by atoms with Crippen LogP contribution >= 0.6 is 0 Å². The minimum absolute atomic E-state index is 0.956. The number of hydrogen-bond acceptors (Lipinski definition) is 2. The van der Waals surface area contributed by atoms with Gasteiger partial charge >= 0.3 is 0 Å². The molecule has 0 radical (unpaired) electrons. The summed E-state index contributed by atoms with van der Waals surface area (Å²) in [5.74, 6) is 0. The number of aryl methyl sites for hydroxylation is 1. The summed E-state index contributed by atoms with van der Waals surface area (Å²) in [5.41, 5.74) is 2.74. The lowest BCUT2D eigenvalue weighted by Crippen LogP contribution is -2.19. The molecule has 0 unspecified atom stereocenters. The van der Waals surface area contributed by atoms with Crippen LogP contribution in [0.25, 0.3) is 10.9 Å². The lowest BCUT2D eigenvalue weighted by Gasteiger charge is -2.03. The van der Waals surface area contributed by atoms with E-state index in [0.717, 1.165) is 26.2 Å². The zero-order valence-electron chi connectivity index (χ0n) is 11.4. The minimum Gasteiger partial charge on any atom is -0.347 e. The van der Waals surface area contributed by atoms with Gasteiger partial charge in [0.1, 0.15) is 0 Å². The summed E-state index contributed by atoms with van der Waals surface area (Å²) in [7, 11) is 1.99. The van der Waals surface area contributed by atoms with Gasteiger partial charge in [-0.25, -0.2) is 0 Å². The Bertz CT molecular complexity index is 487. The van der Waals surface area contributed by atoms with Crippen molar-refractivity contribution in [3.8, 4) is 0 Å². The lowest BCUT2D eigenvalue weighted by molar-refractivity contribution is 0.625. The van der Waals surface area contributed by atoms with Gasteiger partial charge in [-0.3, -0.25) is 0 Å². The zero-order chi connectivity index (χ0) is 12.8. The molecule has 1 aromatic heterocycles. The largest absolute Gasteiger partial charge is 0.347 e. The first-order valence-corrected chi connectivity index (χ1v) is 6.79. The summed E-state index contributed by atoms with van der Waals surface area (Å²) in [6, 6.07) is 8.64. The molecule has 3 heteroatoms. The number of benzene rings is 1. The van der Waals surface area contributed by atoms with E-state index in [0.29, 0.717) is 0 Å². The van der Waals surface area contributed by atoms with Gasteiger partial charge in [0.2, 0.25) is 0 Å². The van der Waals surface area contributed by atoms with Crippen LogP contribution in [-0.2, 0) is 13.1 Å². The maximum atomic E-state index is 3.51. The van der Waals surface area contributed by atoms with Gasteiger partial charge in [-0.1, -0.05) is 18.2 Å². The monoisotopic (exact) mass is 245 g/mol. The number of nitrogens with one attached hydrogen (secondary N) is 2. The van der Waals surface area contributed by atoms with Crippen LogP contribution in [0.1, 0.15) is 18.9 Å². The summed E-state index contributed by atoms with van der Waals surface area (Å²) in [5, 5.41) is 8.05. The molecule has 1 aromatic carbocycles. The molecule has 0 saturated heterocycles. The zero-order valence-corrected chi connectivity index (χ0v) is 11.4. The average Bonchev–Trinajstić information content (AvgIpc) is 2.77. The molecule has 18 heavy (non-hydrogen) atoms. The summed E-state index contributed by atoms with van der Waals surface area (Å²) < 4.78 is 2.32. The second-order valence-corrected chi connectivity index (χ2v) is 4.59. The Balaban J connectivity index is 2.04. The van der Waals surface area contributed by atoms with Gasteiger partial charge < -0.3 is 15.2 Å². The first-order valence-electron chi connectivity index (χ1n) is 6.79. The molecule has 3 nitrogen and oxygen atoms in total. The lowest BCUT2D eigenvalue weighted by atomic mass is 10.2. The molecule has 0 aliphatic heterocycles. The highest BCUT2D eigenvalue weighted by Gasteiger charge is 2.05. The summed E-state index contributed by atoms with van der Waals surface area (Å²) in [4.78, 5) is 0. The molecule has 0 bridgehead atoms. The van der Waals surface area contributed by atoms with Crippen LogP contribution in [0.3, 0.4) is 0 Å². The van der Waals surface area contributed by atoms with E-state index in [1.54, 1.807) is 0 Å². The fraction of sp³-hybridized carbons (Fsp3) is 0.467. The van der Waals surface area contributed by atoms with E-state index in [1.807, 2.05) is 7.05 Å². The Kier molecular flexibility index (Phi) is 4.79. The fourth-order valence-corrected chi connectivity index (χ4v) is 2.34. The van der Waals surface area contributed by atoms with Crippen molar-refractivity contribution in [2.24, 2.45) is 0 Å². The van der Waals surface area contributed by atoms with Crippen LogP contribution in [0.5, 0.6) is 0 Å². The van der Waals surface area contributed by atoms with E-state index in [4.69, 9.17) is 0 Å². The topological polar surface area (TPSA) is 29.0 Å². The van der Waals surface area contributed by atoms with Crippen LogP contribution in [0.4, 0.5) is 0 Å². The summed E-state index contributed by atoms with van der Waals surface area (Å²) in [6.07, 6.45) is 3.44. The van der Waals surface area contributed by atoms with E-state index in [2.05, 4.69) is 52.6 Å². The van der Waals surface area contributed by atoms with Crippen molar-refractivity contribution in [3.63, 3.8) is 0 Å². The molecule has 0 aliphatic carbocycles. The molecular weight excluding hydrogens is 222 g/mol. The van der Waals surface area contributed by atoms with Gasteiger partial charge in [-0.15, -0.1) is 0 Å². The smallest absolute Gasteiger partial charge is 0.0483 e. The Morgan fingerprint density at radius 3 is 2.78 bits per heavy atom. The van der Waals surface area contributed by atoms with Crippen LogP contribution in [0.15, 0.2) is 30.5 Å². The SMILES string of the molecule is CCn1cc(CNCCCNC)c2ccccc21. The van der Waals surface area contributed by atoms with Gasteiger partial charge in [0, 0.05) is 30.2 Å². The van der Waals surface area contributed by atoms with Crippen LogP contribution in [0.2, 0.25) is 0 Å². The van der Waals surface area contributed by atoms with Gasteiger partial charge in [-0.05, 0) is 45.1 Å². The Morgan fingerprint density at radius 1 is 1.17 bits per heavy atom. The molecule has 2 aromatic rings. The highest BCUT2D eigenvalue weighted by molar-refractivity contribution is 5.83. The molecule has 0 spiro atoms. The molecule has 0 atom stereocenters. The molecule has 0 fully saturated rings. The minimum atomic E-state index is 0.956. The Labute approximate surface area is 109 Å². The van der Waals surface area contributed by atoms with E-state index in [-0.39, 0.29) is 0 Å². The quantitative estimate of drug-likeness (QED) is 0.733. The predicted octanol–water partition coefficient (Wildman–Crippen LogP) is 2.36. The standard InChI is InChI=1S/C15H23N3/c1-3-18-12-13(11-17-10-6-9-16-2)14-7-4-5-8-15(14)18/h4-5,7-8,12,16-17H,3,6,9-11H2,1-2H3. The molecule has 0 aliphatic rings. The number of para-hydroxylation sites is 1. The summed E-state index contributed by atoms with van der Waals surface area (Å²) >= 11 is 0. The Hall–Kier alpha value is -1.32. The highest BCUT2D eigenvalue weighted by atomic mass is 15.0. The van der Waals surface area contributed by atoms with Crippen molar-refractivity contribution < 1.29 is 0 Å². The van der Waals surface area contributed by atoms with E-state index < -0.39 is 0 Å². The third-order valence-electron chi connectivity index (χ3n) is 3.31. The van der Waals surface area contributed by atoms with Crippen molar-refractivity contribution in [3.05, 3.63) is 36.0 Å². The maximum Gasteiger partial charge on any atom is 0.0483 e. The molecule has 0 saturated carbocycles.